The molecule has 0 radical (unpaired) electrons. The number of nitrogens with zero attached hydrogens (tertiary/aromatic N) is 1. The lowest BCUT2D eigenvalue weighted by Gasteiger charge is -2.13. The monoisotopic (exact) mass is 393 g/mol. The third-order valence-corrected chi connectivity index (χ3v) is 5.25. The van der Waals surface area contributed by atoms with Crippen LogP contribution >= 0.6 is 24.0 Å². The summed E-state index contributed by atoms with van der Waals surface area (Å²) in [5.74, 6) is 0.839. The number of rotatable bonds is 7. The average molecular weight is 393 g/mol. The number of carbonyl (C=O) groups excluding carboxylic acids is 2. The molecule has 1 aromatic carbocycles. The molecule has 1 fully saturated rings. The minimum absolute atomic E-state index is 0.132. The standard InChI is InChI=1S/C18H19NO5S2/c1-2-3-8-22-16(20)6-7-19-17(21)15(26-18(19)25)10-12-4-5-13-14(9-12)24-11-23-13/h4-5,9-10H,2-3,6-8,11H2,1H3/b15-10+. The van der Waals surface area contributed by atoms with Gasteiger partial charge >= 0.3 is 5.97 Å². The van der Waals surface area contributed by atoms with Crippen molar-refractivity contribution in [1.29, 1.82) is 0 Å². The maximum Gasteiger partial charge on any atom is 0.307 e. The Labute approximate surface area is 161 Å². The van der Waals surface area contributed by atoms with Gasteiger partial charge in [0, 0.05) is 6.54 Å². The van der Waals surface area contributed by atoms with Crippen LogP contribution in [0.15, 0.2) is 23.1 Å². The van der Waals surface area contributed by atoms with E-state index in [0.717, 1.165) is 18.4 Å². The molecule has 1 saturated heterocycles. The van der Waals surface area contributed by atoms with Gasteiger partial charge in [0.2, 0.25) is 6.79 Å². The molecule has 0 aromatic heterocycles. The SMILES string of the molecule is CCCCOC(=O)CCN1C(=O)/C(=C\c2ccc3c(c2)OCO3)SC1=S. The van der Waals surface area contributed by atoms with Crippen LogP contribution in [0.3, 0.4) is 0 Å². The fourth-order valence-corrected chi connectivity index (χ4v) is 3.76. The van der Waals surface area contributed by atoms with Crippen molar-refractivity contribution in [2.24, 2.45) is 0 Å². The Bertz CT molecular complexity index is 762. The molecule has 0 spiro atoms. The van der Waals surface area contributed by atoms with Crippen molar-refractivity contribution in [3.8, 4) is 11.5 Å². The van der Waals surface area contributed by atoms with Gasteiger partial charge in [-0.3, -0.25) is 14.5 Å². The molecule has 2 aliphatic rings. The Morgan fingerprint density at radius 1 is 1.38 bits per heavy atom. The lowest BCUT2D eigenvalue weighted by atomic mass is 10.2. The first-order valence-electron chi connectivity index (χ1n) is 8.39. The molecule has 8 heteroatoms. The van der Waals surface area contributed by atoms with Crippen LogP contribution in [-0.4, -0.2) is 41.0 Å². The van der Waals surface area contributed by atoms with Crippen LogP contribution in [0.1, 0.15) is 31.7 Å². The predicted octanol–water partition coefficient (Wildman–Crippen LogP) is 3.35. The highest BCUT2D eigenvalue weighted by molar-refractivity contribution is 8.26. The van der Waals surface area contributed by atoms with E-state index in [0.29, 0.717) is 27.3 Å². The number of carbonyl (C=O) groups is 2. The van der Waals surface area contributed by atoms with E-state index in [1.54, 1.807) is 12.1 Å². The number of benzene rings is 1. The molecule has 138 valence electrons. The molecular formula is C18H19NO5S2. The molecule has 3 rings (SSSR count). The van der Waals surface area contributed by atoms with Gasteiger partial charge in [-0.25, -0.2) is 0 Å². The highest BCUT2D eigenvalue weighted by atomic mass is 32.2. The molecule has 0 aliphatic carbocycles. The molecule has 1 amide bonds. The predicted molar refractivity (Wildman–Crippen MR) is 103 cm³/mol. The zero-order chi connectivity index (χ0) is 18.5. The van der Waals surface area contributed by atoms with E-state index in [1.165, 1.54) is 16.7 Å². The Morgan fingerprint density at radius 3 is 3.00 bits per heavy atom. The van der Waals surface area contributed by atoms with Gasteiger partial charge in [-0.15, -0.1) is 0 Å². The molecule has 2 heterocycles. The quantitative estimate of drug-likeness (QED) is 0.305. The van der Waals surface area contributed by atoms with E-state index in [4.69, 9.17) is 26.4 Å². The topological polar surface area (TPSA) is 65.1 Å². The maximum atomic E-state index is 12.6. The highest BCUT2D eigenvalue weighted by Crippen LogP contribution is 2.36. The normalized spacial score (nSPS) is 17.3. The zero-order valence-electron chi connectivity index (χ0n) is 14.4. The highest BCUT2D eigenvalue weighted by Gasteiger charge is 2.32. The van der Waals surface area contributed by atoms with Gasteiger partial charge in [-0.1, -0.05) is 43.4 Å². The Hall–Kier alpha value is -2.06. The summed E-state index contributed by atoms with van der Waals surface area (Å²) in [6.07, 6.45) is 3.70. The average Bonchev–Trinajstić information content (AvgIpc) is 3.18. The maximum absolute atomic E-state index is 12.6. The number of thioether (sulfide) groups is 1. The molecule has 6 nitrogen and oxygen atoms in total. The molecule has 26 heavy (non-hydrogen) atoms. The van der Waals surface area contributed by atoms with Crippen LogP contribution < -0.4 is 9.47 Å². The molecule has 1 aromatic rings. The first kappa shape index (κ1) is 18.7. The third-order valence-electron chi connectivity index (χ3n) is 3.87. The Balaban J connectivity index is 1.60. The summed E-state index contributed by atoms with van der Waals surface area (Å²) in [5.41, 5.74) is 0.828. The van der Waals surface area contributed by atoms with Crippen molar-refractivity contribution >= 4 is 46.3 Å². The van der Waals surface area contributed by atoms with Gasteiger partial charge in [-0.05, 0) is 30.2 Å². The number of fused-ring (bicyclic) bond motifs is 1. The lowest BCUT2D eigenvalue weighted by molar-refractivity contribution is -0.144. The van der Waals surface area contributed by atoms with Gasteiger partial charge in [0.1, 0.15) is 4.32 Å². The molecule has 0 atom stereocenters. The van der Waals surface area contributed by atoms with Gasteiger partial charge in [0.25, 0.3) is 5.91 Å². The van der Waals surface area contributed by atoms with Crippen molar-refractivity contribution in [2.75, 3.05) is 19.9 Å². The first-order chi connectivity index (χ1) is 12.6. The van der Waals surface area contributed by atoms with E-state index in [9.17, 15) is 9.59 Å². The summed E-state index contributed by atoms with van der Waals surface area (Å²) < 4.78 is 16.2. The zero-order valence-corrected chi connectivity index (χ0v) is 16.0. The second kappa shape index (κ2) is 8.55. The Kier molecular flexibility index (Phi) is 6.16. The Morgan fingerprint density at radius 2 is 2.19 bits per heavy atom. The van der Waals surface area contributed by atoms with Crippen molar-refractivity contribution in [3.05, 3.63) is 28.7 Å². The van der Waals surface area contributed by atoms with Crippen molar-refractivity contribution in [2.45, 2.75) is 26.2 Å². The van der Waals surface area contributed by atoms with Crippen molar-refractivity contribution in [3.63, 3.8) is 0 Å². The molecule has 0 bridgehead atoms. The van der Waals surface area contributed by atoms with Crippen LogP contribution in [0.4, 0.5) is 0 Å². The number of thiocarbonyl (C=S) groups is 1. The molecular weight excluding hydrogens is 374 g/mol. The van der Waals surface area contributed by atoms with Crippen molar-refractivity contribution < 1.29 is 23.8 Å². The number of hydrogen-bond donors (Lipinski definition) is 0. The van der Waals surface area contributed by atoms with E-state index in [2.05, 4.69) is 0 Å². The van der Waals surface area contributed by atoms with Crippen LogP contribution in [0.5, 0.6) is 11.5 Å². The van der Waals surface area contributed by atoms with Crippen LogP contribution in [-0.2, 0) is 14.3 Å². The first-order valence-corrected chi connectivity index (χ1v) is 9.61. The van der Waals surface area contributed by atoms with E-state index in [1.807, 2.05) is 19.1 Å². The summed E-state index contributed by atoms with van der Waals surface area (Å²) in [4.78, 5) is 26.3. The van der Waals surface area contributed by atoms with Gasteiger partial charge in [0.15, 0.2) is 11.5 Å². The van der Waals surface area contributed by atoms with Gasteiger partial charge in [0.05, 0.1) is 17.9 Å². The van der Waals surface area contributed by atoms with E-state index in [-0.39, 0.29) is 31.6 Å². The molecule has 0 N–H and O–H groups in total. The summed E-state index contributed by atoms with van der Waals surface area (Å²) in [5, 5.41) is 0. The smallest absolute Gasteiger partial charge is 0.307 e. The lowest BCUT2D eigenvalue weighted by Crippen LogP contribution is -2.30. The minimum atomic E-state index is -0.313. The van der Waals surface area contributed by atoms with Crippen LogP contribution in [0, 0.1) is 0 Å². The number of ether oxygens (including phenoxy) is 3. The number of esters is 1. The molecule has 2 aliphatic heterocycles. The van der Waals surface area contributed by atoms with Gasteiger partial charge in [-0.2, -0.15) is 0 Å². The fourth-order valence-electron chi connectivity index (χ4n) is 2.45. The minimum Gasteiger partial charge on any atom is -0.466 e. The number of unbranched alkanes of at least 4 members (excludes halogenated alkanes) is 1. The summed E-state index contributed by atoms with van der Waals surface area (Å²) >= 11 is 6.51. The number of amides is 1. The number of hydrogen-bond acceptors (Lipinski definition) is 7. The second-order valence-corrected chi connectivity index (χ2v) is 7.45. The van der Waals surface area contributed by atoms with Crippen LogP contribution in [0.25, 0.3) is 6.08 Å². The fraction of sp³-hybridized carbons (Fsp3) is 0.389. The molecule has 0 saturated carbocycles. The summed E-state index contributed by atoms with van der Waals surface area (Å²) in [6, 6.07) is 5.48. The van der Waals surface area contributed by atoms with E-state index < -0.39 is 0 Å². The summed E-state index contributed by atoms with van der Waals surface area (Å²) in [6.45, 7) is 2.88. The third kappa shape index (κ3) is 4.37. The van der Waals surface area contributed by atoms with Gasteiger partial charge < -0.3 is 14.2 Å². The van der Waals surface area contributed by atoms with Crippen molar-refractivity contribution in [1.82, 2.24) is 4.90 Å². The largest absolute Gasteiger partial charge is 0.466 e. The molecule has 0 unspecified atom stereocenters. The second-order valence-electron chi connectivity index (χ2n) is 5.77. The van der Waals surface area contributed by atoms with E-state index >= 15 is 0 Å². The van der Waals surface area contributed by atoms with Crippen LogP contribution in [0.2, 0.25) is 0 Å². The summed E-state index contributed by atoms with van der Waals surface area (Å²) in [7, 11) is 0.